The summed E-state index contributed by atoms with van der Waals surface area (Å²) in [6.07, 6.45) is -0.582. The number of guanidine groups is 1. The lowest BCUT2D eigenvalue weighted by Crippen LogP contribution is -2.63. The number of anilines is 1. The minimum absolute atomic E-state index is 0.357. The van der Waals surface area contributed by atoms with Crippen molar-refractivity contribution in [1.82, 2.24) is 15.1 Å². The predicted octanol–water partition coefficient (Wildman–Crippen LogP) is 1.97. The number of halogens is 1. The van der Waals surface area contributed by atoms with Crippen LogP contribution < -0.4 is 15.0 Å². The van der Waals surface area contributed by atoms with Crippen LogP contribution in [0.25, 0.3) is 0 Å². The molecule has 3 aliphatic heterocycles. The van der Waals surface area contributed by atoms with Crippen molar-refractivity contribution in [1.29, 1.82) is 0 Å². The number of nitrogens with zero attached hydrogens (tertiary/aromatic N) is 4. The van der Waals surface area contributed by atoms with E-state index in [1.54, 1.807) is 32.4 Å². The third-order valence-corrected chi connectivity index (χ3v) is 5.28. The molecular formula is C17H18ClN5O3. The summed E-state index contributed by atoms with van der Waals surface area (Å²) in [4.78, 5) is 34.3. The van der Waals surface area contributed by atoms with Gasteiger partial charge in [0.1, 0.15) is 5.75 Å². The molecule has 0 aliphatic carbocycles. The van der Waals surface area contributed by atoms with E-state index in [9.17, 15) is 9.59 Å². The third kappa shape index (κ3) is 2.11. The smallest absolute Gasteiger partial charge is 0.325 e. The quantitative estimate of drug-likeness (QED) is 0.855. The summed E-state index contributed by atoms with van der Waals surface area (Å²) in [6, 6.07) is 4.28. The average Bonchev–Trinajstić information content (AvgIpc) is 3.10. The van der Waals surface area contributed by atoms with Crippen LogP contribution in [0.2, 0.25) is 5.02 Å². The molecule has 1 saturated heterocycles. The molecule has 0 aromatic heterocycles. The normalized spacial score (nSPS) is 24.7. The first-order valence-electron chi connectivity index (χ1n) is 8.11. The molecule has 9 heteroatoms. The van der Waals surface area contributed by atoms with Crippen LogP contribution >= 0.6 is 11.6 Å². The van der Waals surface area contributed by atoms with Gasteiger partial charge in [0.05, 0.1) is 12.8 Å². The van der Waals surface area contributed by atoms with E-state index < -0.39 is 18.2 Å². The van der Waals surface area contributed by atoms with Crippen molar-refractivity contribution >= 4 is 35.2 Å². The number of aliphatic imine (C=N–C) groups is 1. The zero-order valence-electron chi connectivity index (χ0n) is 14.8. The number of hydrogen-bond acceptors (Lipinski definition) is 6. The molecule has 3 heterocycles. The van der Waals surface area contributed by atoms with E-state index in [1.165, 1.54) is 4.90 Å². The molecule has 0 bridgehead atoms. The number of methoxy groups -OCH3 is 1. The van der Waals surface area contributed by atoms with Gasteiger partial charge < -0.3 is 9.64 Å². The number of imide groups is 1. The first-order chi connectivity index (χ1) is 12.3. The van der Waals surface area contributed by atoms with Gasteiger partial charge in [-0.25, -0.2) is 9.79 Å². The van der Waals surface area contributed by atoms with Crippen molar-refractivity contribution in [2.24, 2.45) is 4.99 Å². The van der Waals surface area contributed by atoms with Crippen molar-refractivity contribution in [2.75, 3.05) is 19.1 Å². The van der Waals surface area contributed by atoms with Crippen LogP contribution in [0, 0.1) is 0 Å². The van der Waals surface area contributed by atoms with E-state index in [-0.39, 0.29) is 5.91 Å². The number of carbonyl (C=O) groups excluding carboxylic acids is 2. The lowest BCUT2D eigenvalue weighted by atomic mass is 10.1. The summed E-state index contributed by atoms with van der Waals surface area (Å²) in [6.45, 7) is 3.87. The van der Waals surface area contributed by atoms with Gasteiger partial charge in [0.2, 0.25) is 5.96 Å². The zero-order valence-corrected chi connectivity index (χ0v) is 15.5. The molecule has 2 unspecified atom stereocenters. The minimum Gasteiger partial charge on any atom is -0.495 e. The predicted molar refractivity (Wildman–Crippen MR) is 97.0 cm³/mol. The van der Waals surface area contributed by atoms with Crippen LogP contribution in [0.1, 0.15) is 13.8 Å². The van der Waals surface area contributed by atoms with Crippen molar-refractivity contribution in [3.8, 4) is 5.75 Å². The molecule has 2 atom stereocenters. The highest BCUT2D eigenvalue weighted by molar-refractivity contribution is 6.31. The fourth-order valence-electron chi connectivity index (χ4n) is 3.58. The number of likely N-dealkylation sites (N-methyl/N-ethyl adjacent to an activating group) is 1. The number of rotatable bonds is 2. The van der Waals surface area contributed by atoms with E-state index in [2.05, 4.69) is 5.32 Å². The molecule has 1 aromatic rings. The molecule has 3 aliphatic rings. The Labute approximate surface area is 155 Å². The third-order valence-electron chi connectivity index (χ3n) is 5.04. The molecule has 1 N–H and O–H groups in total. The van der Waals surface area contributed by atoms with E-state index in [4.69, 9.17) is 21.3 Å². The van der Waals surface area contributed by atoms with Gasteiger partial charge in [0, 0.05) is 23.5 Å². The van der Waals surface area contributed by atoms with Gasteiger partial charge in [-0.1, -0.05) is 11.6 Å². The van der Waals surface area contributed by atoms with Crippen LogP contribution in [0.3, 0.4) is 0 Å². The molecule has 3 amide bonds. The van der Waals surface area contributed by atoms with Gasteiger partial charge in [0.25, 0.3) is 5.91 Å². The second kappa shape index (κ2) is 5.63. The summed E-state index contributed by atoms with van der Waals surface area (Å²) in [5.41, 5.74) is 2.53. The van der Waals surface area contributed by atoms with Crippen molar-refractivity contribution in [3.63, 3.8) is 0 Å². The van der Waals surface area contributed by atoms with Crippen LogP contribution in [-0.2, 0) is 4.79 Å². The van der Waals surface area contributed by atoms with Crippen LogP contribution in [0.5, 0.6) is 5.75 Å². The van der Waals surface area contributed by atoms with Crippen LogP contribution in [-0.4, -0.2) is 54.1 Å². The minimum atomic E-state index is -0.599. The highest BCUT2D eigenvalue weighted by Crippen LogP contribution is 2.42. The monoisotopic (exact) mass is 375 g/mol. The largest absolute Gasteiger partial charge is 0.495 e. The van der Waals surface area contributed by atoms with Gasteiger partial charge in [-0.3, -0.25) is 19.9 Å². The van der Waals surface area contributed by atoms with Gasteiger partial charge in [-0.15, -0.1) is 0 Å². The van der Waals surface area contributed by atoms with Gasteiger partial charge in [-0.2, -0.15) is 0 Å². The molecule has 4 rings (SSSR count). The Balaban J connectivity index is 1.86. The summed E-state index contributed by atoms with van der Waals surface area (Å²) < 4.78 is 5.48. The number of benzene rings is 1. The van der Waals surface area contributed by atoms with E-state index in [0.717, 1.165) is 17.1 Å². The number of nitrogens with one attached hydrogen (secondary N) is 1. The van der Waals surface area contributed by atoms with E-state index >= 15 is 0 Å². The van der Waals surface area contributed by atoms with Gasteiger partial charge >= 0.3 is 6.03 Å². The highest BCUT2D eigenvalue weighted by atomic mass is 35.5. The molecule has 0 radical (unpaired) electrons. The number of amides is 3. The van der Waals surface area contributed by atoms with Crippen LogP contribution in [0.15, 0.2) is 34.6 Å². The first-order valence-corrected chi connectivity index (χ1v) is 8.48. The fraction of sp³-hybridized carbons (Fsp3) is 0.353. The van der Waals surface area contributed by atoms with Crippen molar-refractivity contribution in [2.45, 2.75) is 26.1 Å². The number of fused-ring (bicyclic) bond motifs is 3. The molecule has 8 nitrogen and oxygen atoms in total. The zero-order chi connectivity index (χ0) is 18.7. The lowest BCUT2D eigenvalue weighted by Gasteiger charge is -2.35. The molecule has 0 spiro atoms. The van der Waals surface area contributed by atoms with Crippen molar-refractivity contribution < 1.29 is 14.3 Å². The molecule has 1 aromatic carbocycles. The molecule has 136 valence electrons. The fourth-order valence-corrected chi connectivity index (χ4v) is 3.75. The molecule has 1 fully saturated rings. The van der Waals surface area contributed by atoms with E-state index in [0.29, 0.717) is 16.7 Å². The number of ether oxygens (including phenoxy) is 1. The maximum atomic E-state index is 12.5. The lowest BCUT2D eigenvalue weighted by molar-refractivity contribution is -0.126. The Morgan fingerprint density at radius 2 is 1.96 bits per heavy atom. The van der Waals surface area contributed by atoms with Crippen molar-refractivity contribution in [3.05, 3.63) is 34.6 Å². The maximum absolute atomic E-state index is 12.5. The molecular weight excluding hydrogens is 358 g/mol. The molecule has 0 saturated carbocycles. The van der Waals surface area contributed by atoms with Gasteiger partial charge in [0.15, 0.2) is 12.2 Å². The second-order valence-corrected chi connectivity index (χ2v) is 6.82. The van der Waals surface area contributed by atoms with Gasteiger partial charge in [-0.05, 0) is 32.0 Å². The number of urea groups is 1. The average molecular weight is 376 g/mol. The summed E-state index contributed by atoms with van der Waals surface area (Å²) >= 11 is 6.20. The van der Waals surface area contributed by atoms with Crippen LogP contribution in [0.4, 0.5) is 10.5 Å². The Morgan fingerprint density at radius 3 is 2.65 bits per heavy atom. The Hall–Kier alpha value is -2.74. The maximum Gasteiger partial charge on any atom is 0.325 e. The summed E-state index contributed by atoms with van der Waals surface area (Å²) in [5.74, 6) is 0.853. The number of allylic oxidation sites excluding steroid dienone is 2. The SMILES string of the molecule is COc1ccc(Cl)cc1N1C2=NC3C(C(=O)NC(=O)N3C)N2C(C)=C1C. The topological polar surface area (TPSA) is 77.5 Å². The summed E-state index contributed by atoms with van der Waals surface area (Å²) in [5, 5.41) is 2.94. The highest BCUT2D eigenvalue weighted by Gasteiger charge is 2.53. The Bertz CT molecular complexity index is 896. The number of hydrogen-bond donors (Lipinski definition) is 1. The first kappa shape index (κ1) is 16.7. The Morgan fingerprint density at radius 1 is 1.23 bits per heavy atom. The second-order valence-electron chi connectivity index (χ2n) is 6.39. The van der Waals surface area contributed by atoms with E-state index in [1.807, 2.05) is 23.6 Å². The molecule has 26 heavy (non-hydrogen) atoms. The standard InChI is InChI=1S/C17H18ClN5O3/c1-8-9(2)23-13-14(21(3)17(25)20-15(13)24)19-16(23)22(8)11-7-10(18)5-6-12(11)26-4/h5-7,13-14H,1-4H3,(H,20,24,25). The number of carbonyl (C=O) groups is 2. The summed E-state index contributed by atoms with van der Waals surface area (Å²) in [7, 11) is 3.21. The Kier molecular flexibility index (Phi) is 3.62.